The average molecular weight is 287 g/mol. The average Bonchev–Trinajstić information content (AvgIpc) is 2.72. The molecule has 0 unspecified atom stereocenters. The fraction of sp³-hybridized carbons (Fsp3) is 0.692. The summed E-state index contributed by atoms with van der Waals surface area (Å²) in [7, 11) is 0.109. The molecule has 110 valence electrons. The summed E-state index contributed by atoms with van der Waals surface area (Å²) in [6, 6.07) is 1.76. The maximum atomic E-state index is 12.4. The number of sulfonamides is 1. The third-order valence-corrected chi connectivity index (χ3v) is 4.78. The summed E-state index contributed by atoms with van der Waals surface area (Å²) in [5, 5.41) is 3.06. The van der Waals surface area contributed by atoms with Crippen molar-refractivity contribution in [3.63, 3.8) is 0 Å². The highest BCUT2D eigenvalue weighted by Crippen LogP contribution is 2.19. The summed E-state index contributed by atoms with van der Waals surface area (Å²) in [4.78, 5) is 0.378. The predicted molar refractivity (Wildman–Crippen MR) is 77.5 cm³/mol. The van der Waals surface area contributed by atoms with Crippen LogP contribution in [0, 0.1) is 5.92 Å². The molecular formula is C13H25N3O2S. The van der Waals surface area contributed by atoms with Gasteiger partial charge in [-0.1, -0.05) is 13.8 Å². The van der Waals surface area contributed by atoms with Crippen LogP contribution in [0.3, 0.4) is 0 Å². The molecule has 0 saturated heterocycles. The molecule has 0 radical (unpaired) electrons. The summed E-state index contributed by atoms with van der Waals surface area (Å²) < 4.78 is 28.3. The Labute approximate surface area is 116 Å². The van der Waals surface area contributed by atoms with Crippen molar-refractivity contribution in [2.75, 3.05) is 20.6 Å². The highest BCUT2D eigenvalue weighted by atomic mass is 32.2. The van der Waals surface area contributed by atoms with Gasteiger partial charge >= 0.3 is 0 Å². The van der Waals surface area contributed by atoms with E-state index in [1.807, 2.05) is 32.4 Å². The quantitative estimate of drug-likeness (QED) is 0.827. The molecule has 0 aliphatic rings. The van der Waals surface area contributed by atoms with Crippen LogP contribution in [0.1, 0.15) is 26.5 Å². The molecule has 1 rings (SSSR count). The van der Waals surface area contributed by atoms with Gasteiger partial charge in [-0.15, -0.1) is 0 Å². The van der Waals surface area contributed by atoms with Gasteiger partial charge in [-0.2, -0.15) is 0 Å². The lowest BCUT2D eigenvalue weighted by atomic mass is 10.2. The monoisotopic (exact) mass is 287 g/mol. The van der Waals surface area contributed by atoms with Gasteiger partial charge in [0.05, 0.1) is 0 Å². The van der Waals surface area contributed by atoms with Crippen LogP contribution in [0.15, 0.2) is 17.2 Å². The van der Waals surface area contributed by atoms with Gasteiger partial charge in [-0.25, -0.2) is 12.7 Å². The molecule has 0 spiro atoms. The highest BCUT2D eigenvalue weighted by molar-refractivity contribution is 7.89. The normalized spacial score (nSPS) is 12.6. The molecular weight excluding hydrogens is 262 g/mol. The first kappa shape index (κ1) is 16.2. The van der Waals surface area contributed by atoms with Crippen molar-refractivity contribution in [1.29, 1.82) is 0 Å². The Bertz CT molecular complexity index is 506. The Kier molecular flexibility index (Phi) is 5.58. The highest BCUT2D eigenvalue weighted by Gasteiger charge is 2.23. The lowest BCUT2D eigenvalue weighted by Gasteiger charge is -2.18. The van der Waals surface area contributed by atoms with Crippen LogP contribution in [-0.4, -0.2) is 37.9 Å². The predicted octanol–water partition coefficient (Wildman–Crippen LogP) is 1.50. The van der Waals surface area contributed by atoms with E-state index in [1.165, 1.54) is 4.31 Å². The summed E-state index contributed by atoms with van der Waals surface area (Å²) in [5.74, 6) is 0.310. The van der Waals surface area contributed by atoms with E-state index in [4.69, 9.17) is 0 Å². The van der Waals surface area contributed by atoms with Gasteiger partial charge in [0.15, 0.2) is 0 Å². The SMILES string of the molecule is CCn1cc(S(=O)(=O)N(C)CC(C)C)cc1CNC. The lowest BCUT2D eigenvalue weighted by molar-refractivity contribution is 0.417. The Morgan fingerprint density at radius 1 is 1.42 bits per heavy atom. The molecule has 0 fully saturated rings. The van der Waals surface area contributed by atoms with E-state index >= 15 is 0 Å². The maximum Gasteiger partial charge on any atom is 0.244 e. The summed E-state index contributed by atoms with van der Waals surface area (Å²) in [6.45, 7) is 7.98. The van der Waals surface area contributed by atoms with Crippen molar-refractivity contribution in [3.8, 4) is 0 Å². The van der Waals surface area contributed by atoms with Crippen LogP contribution < -0.4 is 5.32 Å². The van der Waals surface area contributed by atoms with Gasteiger partial charge in [0, 0.05) is 38.6 Å². The van der Waals surface area contributed by atoms with Gasteiger partial charge in [0.25, 0.3) is 0 Å². The van der Waals surface area contributed by atoms with Gasteiger partial charge in [-0.3, -0.25) is 0 Å². The van der Waals surface area contributed by atoms with Gasteiger partial charge < -0.3 is 9.88 Å². The summed E-state index contributed by atoms with van der Waals surface area (Å²) in [5.41, 5.74) is 0.988. The van der Waals surface area contributed by atoms with Crippen molar-refractivity contribution in [3.05, 3.63) is 18.0 Å². The smallest absolute Gasteiger partial charge is 0.244 e. The first-order chi connectivity index (χ1) is 8.82. The van der Waals surface area contributed by atoms with Gasteiger partial charge in [0.1, 0.15) is 4.90 Å². The molecule has 1 aromatic heterocycles. The maximum absolute atomic E-state index is 12.4. The number of aryl methyl sites for hydroxylation is 1. The van der Waals surface area contributed by atoms with Crippen LogP contribution in [0.4, 0.5) is 0 Å². The fourth-order valence-electron chi connectivity index (χ4n) is 2.08. The molecule has 19 heavy (non-hydrogen) atoms. The fourth-order valence-corrected chi connectivity index (χ4v) is 3.48. The number of nitrogens with zero attached hydrogens (tertiary/aromatic N) is 2. The molecule has 6 heteroatoms. The van der Waals surface area contributed by atoms with Gasteiger partial charge in [0.2, 0.25) is 10.0 Å². The number of aromatic nitrogens is 1. The largest absolute Gasteiger partial charge is 0.349 e. The Morgan fingerprint density at radius 2 is 2.05 bits per heavy atom. The third-order valence-electron chi connectivity index (χ3n) is 2.99. The second-order valence-electron chi connectivity index (χ2n) is 5.16. The van der Waals surface area contributed by atoms with E-state index in [2.05, 4.69) is 5.32 Å². The lowest BCUT2D eigenvalue weighted by Crippen LogP contribution is -2.30. The third kappa shape index (κ3) is 3.81. The molecule has 0 bridgehead atoms. The Balaban J connectivity index is 3.07. The van der Waals surface area contributed by atoms with Crippen molar-refractivity contribution in [1.82, 2.24) is 14.2 Å². The van der Waals surface area contributed by atoms with Crippen molar-refractivity contribution >= 4 is 10.0 Å². The van der Waals surface area contributed by atoms with Crippen LogP contribution in [0.2, 0.25) is 0 Å². The van der Waals surface area contributed by atoms with E-state index in [0.717, 1.165) is 12.2 Å². The minimum Gasteiger partial charge on any atom is -0.349 e. The van der Waals surface area contributed by atoms with E-state index in [9.17, 15) is 8.42 Å². The van der Waals surface area contributed by atoms with E-state index in [-0.39, 0.29) is 0 Å². The van der Waals surface area contributed by atoms with Gasteiger partial charge in [-0.05, 0) is 26.0 Å². The van der Waals surface area contributed by atoms with E-state index < -0.39 is 10.0 Å². The number of hydrogen-bond donors (Lipinski definition) is 1. The van der Waals surface area contributed by atoms with Crippen LogP contribution in [-0.2, 0) is 23.1 Å². The molecule has 1 heterocycles. The minimum atomic E-state index is -3.38. The number of nitrogens with one attached hydrogen (secondary N) is 1. The standard InChI is InChI=1S/C13H25N3O2S/c1-6-16-10-13(7-12(16)8-14-4)19(17,18)15(5)9-11(2)3/h7,10-11,14H,6,8-9H2,1-5H3. The van der Waals surface area contributed by atoms with Crippen molar-refractivity contribution in [2.24, 2.45) is 5.92 Å². The van der Waals surface area contributed by atoms with Crippen molar-refractivity contribution in [2.45, 2.75) is 38.8 Å². The topological polar surface area (TPSA) is 54.3 Å². The molecule has 0 aromatic carbocycles. The molecule has 0 aliphatic carbocycles. The zero-order valence-corrected chi connectivity index (χ0v) is 13.3. The second-order valence-corrected chi connectivity index (χ2v) is 7.21. The van der Waals surface area contributed by atoms with E-state index in [1.54, 1.807) is 19.3 Å². The number of rotatable bonds is 7. The first-order valence-electron chi connectivity index (χ1n) is 6.62. The Hall–Kier alpha value is -0.850. The summed E-state index contributed by atoms with van der Waals surface area (Å²) >= 11 is 0. The minimum absolute atomic E-state index is 0.310. The van der Waals surface area contributed by atoms with Crippen LogP contribution in [0.25, 0.3) is 0 Å². The summed E-state index contributed by atoms with van der Waals surface area (Å²) in [6.07, 6.45) is 1.72. The van der Waals surface area contributed by atoms with Crippen LogP contribution >= 0.6 is 0 Å². The van der Waals surface area contributed by atoms with E-state index in [0.29, 0.717) is 23.9 Å². The first-order valence-corrected chi connectivity index (χ1v) is 8.06. The van der Waals surface area contributed by atoms with Crippen LogP contribution in [0.5, 0.6) is 0 Å². The zero-order chi connectivity index (χ0) is 14.6. The molecule has 0 saturated carbocycles. The molecule has 0 atom stereocenters. The molecule has 5 nitrogen and oxygen atoms in total. The zero-order valence-electron chi connectivity index (χ0n) is 12.5. The molecule has 1 aromatic rings. The van der Waals surface area contributed by atoms with Crippen molar-refractivity contribution < 1.29 is 8.42 Å². The molecule has 0 aliphatic heterocycles. The molecule has 0 amide bonds. The Morgan fingerprint density at radius 3 is 2.53 bits per heavy atom. The second kappa shape index (κ2) is 6.54. The molecule has 1 N–H and O–H groups in total. The number of hydrogen-bond acceptors (Lipinski definition) is 3.